The summed E-state index contributed by atoms with van der Waals surface area (Å²) in [5.41, 5.74) is 0. The topological polar surface area (TPSA) is 17.1 Å². The second-order valence-corrected chi connectivity index (χ2v) is 4.27. The molecule has 0 aromatic heterocycles. The number of halogens is 1. The molecule has 0 unspecified atom stereocenters. The predicted molar refractivity (Wildman–Crippen MR) is 48.4 cm³/mol. The second kappa shape index (κ2) is 3.88. The highest BCUT2D eigenvalue weighted by Crippen LogP contribution is 2.13. The van der Waals surface area contributed by atoms with Crippen LogP contribution in [0.5, 0.6) is 0 Å². The van der Waals surface area contributed by atoms with Gasteiger partial charge in [-0.25, -0.2) is 0 Å². The van der Waals surface area contributed by atoms with Gasteiger partial charge in [0, 0.05) is 15.7 Å². The monoisotopic (exact) mass is 188 g/mol. The molecule has 1 aromatic rings. The van der Waals surface area contributed by atoms with Crippen molar-refractivity contribution in [1.29, 1.82) is 0 Å². The molecule has 11 heavy (non-hydrogen) atoms. The number of hydrogen-bond acceptors (Lipinski definition) is 1. The van der Waals surface area contributed by atoms with E-state index in [2.05, 4.69) is 0 Å². The van der Waals surface area contributed by atoms with E-state index >= 15 is 0 Å². The van der Waals surface area contributed by atoms with Gasteiger partial charge in [-0.05, 0) is 18.2 Å². The Morgan fingerprint density at radius 2 is 2.27 bits per heavy atom. The van der Waals surface area contributed by atoms with E-state index in [1.165, 1.54) is 0 Å². The van der Waals surface area contributed by atoms with Gasteiger partial charge in [0.05, 0.1) is 10.8 Å². The lowest BCUT2D eigenvalue weighted by molar-refractivity contribution is 0.684. The van der Waals surface area contributed by atoms with Gasteiger partial charge >= 0.3 is 0 Å². The fraction of sp³-hybridized carbons (Fsp3) is 0.250. The first-order valence-corrected chi connectivity index (χ1v) is 5.07. The quantitative estimate of drug-likeness (QED) is 0.697. The van der Waals surface area contributed by atoms with Crippen molar-refractivity contribution in [1.82, 2.24) is 0 Å². The predicted octanol–water partition coefficient (Wildman–Crippen LogP) is 2.47. The average Bonchev–Trinajstić information content (AvgIpc) is 2.03. The van der Waals surface area contributed by atoms with Crippen LogP contribution in [-0.2, 0) is 10.8 Å². The summed E-state index contributed by atoms with van der Waals surface area (Å²) in [4.78, 5) is 0.806. The van der Waals surface area contributed by atoms with Crippen molar-refractivity contribution in [2.45, 2.75) is 11.8 Å². The van der Waals surface area contributed by atoms with Crippen molar-refractivity contribution in [2.75, 3.05) is 5.75 Å². The Bertz CT molecular complexity index is 273. The maximum absolute atomic E-state index is 11.2. The minimum atomic E-state index is -0.885. The van der Waals surface area contributed by atoms with E-state index in [9.17, 15) is 4.21 Å². The Labute approximate surface area is 73.8 Å². The van der Waals surface area contributed by atoms with E-state index in [0.29, 0.717) is 10.8 Å². The Kier molecular flexibility index (Phi) is 3.09. The van der Waals surface area contributed by atoms with Crippen LogP contribution in [0.25, 0.3) is 0 Å². The molecule has 0 fully saturated rings. The van der Waals surface area contributed by atoms with E-state index < -0.39 is 10.8 Å². The molecule has 60 valence electrons. The maximum atomic E-state index is 11.2. The van der Waals surface area contributed by atoms with Crippen LogP contribution in [0.1, 0.15) is 6.92 Å². The number of rotatable bonds is 2. The SMILES string of the molecule is CC[S@@](=O)c1cccc(Cl)c1. The lowest BCUT2D eigenvalue weighted by Gasteiger charge is -1.97. The van der Waals surface area contributed by atoms with Crippen LogP contribution in [0, 0.1) is 0 Å². The van der Waals surface area contributed by atoms with E-state index in [1.54, 1.807) is 12.1 Å². The van der Waals surface area contributed by atoms with E-state index in [1.807, 2.05) is 19.1 Å². The van der Waals surface area contributed by atoms with Crippen molar-refractivity contribution in [3.8, 4) is 0 Å². The Hall–Kier alpha value is -0.340. The third kappa shape index (κ3) is 2.31. The largest absolute Gasteiger partial charge is 0.254 e. The second-order valence-electron chi connectivity index (χ2n) is 2.09. The van der Waals surface area contributed by atoms with Crippen molar-refractivity contribution in [3.05, 3.63) is 29.3 Å². The minimum Gasteiger partial charge on any atom is -0.254 e. The Morgan fingerprint density at radius 3 is 2.82 bits per heavy atom. The first-order chi connectivity index (χ1) is 5.24. The zero-order valence-electron chi connectivity index (χ0n) is 6.21. The molecule has 1 atom stereocenters. The summed E-state index contributed by atoms with van der Waals surface area (Å²) in [6, 6.07) is 7.15. The fourth-order valence-electron chi connectivity index (χ4n) is 0.775. The molecule has 0 saturated heterocycles. The first-order valence-electron chi connectivity index (χ1n) is 3.38. The van der Waals surface area contributed by atoms with E-state index in [0.717, 1.165) is 4.90 Å². The molecular formula is C8H9ClOS. The van der Waals surface area contributed by atoms with Gasteiger partial charge in [-0.15, -0.1) is 0 Å². The van der Waals surface area contributed by atoms with Gasteiger partial charge in [0.15, 0.2) is 0 Å². The highest BCUT2D eigenvalue weighted by molar-refractivity contribution is 7.85. The van der Waals surface area contributed by atoms with Crippen LogP contribution in [0.4, 0.5) is 0 Å². The van der Waals surface area contributed by atoms with Crippen molar-refractivity contribution in [2.24, 2.45) is 0 Å². The zero-order chi connectivity index (χ0) is 8.27. The Balaban J connectivity index is 2.96. The molecule has 1 rings (SSSR count). The molecule has 0 spiro atoms. The molecule has 3 heteroatoms. The normalized spacial score (nSPS) is 12.9. The smallest absolute Gasteiger partial charge is 0.0527 e. The summed E-state index contributed by atoms with van der Waals surface area (Å²) in [7, 11) is -0.885. The molecule has 1 nitrogen and oxygen atoms in total. The van der Waals surface area contributed by atoms with Crippen LogP contribution in [0.3, 0.4) is 0 Å². The molecule has 0 saturated carbocycles. The first kappa shape index (κ1) is 8.75. The molecule has 0 bridgehead atoms. The summed E-state index contributed by atoms with van der Waals surface area (Å²) in [6.07, 6.45) is 0. The van der Waals surface area contributed by atoms with Gasteiger partial charge in [0.2, 0.25) is 0 Å². The van der Waals surface area contributed by atoms with Gasteiger partial charge in [-0.3, -0.25) is 4.21 Å². The van der Waals surface area contributed by atoms with Crippen molar-refractivity contribution >= 4 is 22.4 Å². The molecule has 0 aliphatic carbocycles. The number of hydrogen-bond donors (Lipinski definition) is 0. The van der Waals surface area contributed by atoms with E-state index in [4.69, 9.17) is 11.6 Å². The van der Waals surface area contributed by atoms with Crippen molar-refractivity contribution in [3.63, 3.8) is 0 Å². The molecule has 0 aliphatic heterocycles. The molecule has 0 radical (unpaired) electrons. The third-order valence-corrected chi connectivity index (χ3v) is 2.86. The lowest BCUT2D eigenvalue weighted by Crippen LogP contribution is -1.92. The highest BCUT2D eigenvalue weighted by Gasteiger charge is 1.99. The molecule has 0 N–H and O–H groups in total. The van der Waals surface area contributed by atoms with Crippen LogP contribution in [-0.4, -0.2) is 9.96 Å². The van der Waals surface area contributed by atoms with Gasteiger partial charge in [0.25, 0.3) is 0 Å². The summed E-state index contributed by atoms with van der Waals surface area (Å²) >= 11 is 5.71. The van der Waals surface area contributed by atoms with Crippen molar-refractivity contribution < 1.29 is 4.21 Å². The average molecular weight is 189 g/mol. The van der Waals surface area contributed by atoms with Gasteiger partial charge in [0.1, 0.15) is 0 Å². The van der Waals surface area contributed by atoms with Crippen LogP contribution in [0.2, 0.25) is 5.02 Å². The maximum Gasteiger partial charge on any atom is 0.0527 e. The standard InChI is InChI=1S/C8H9ClOS/c1-2-11(10)8-5-3-4-7(9)6-8/h3-6H,2H2,1H3/t11-/m1/s1. The zero-order valence-corrected chi connectivity index (χ0v) is 7.78. The summed E-state index contributed by atoms with van der Waals surface area (Å²) in [5.74, 6) is 0.639. The molecular weight excluding hydrogens is 180 g/mol. The van der Waals surface area contributed by atoms with E-state index in [-0.39, 0.29) is 0 Å². The summed E-state index contributed by atoms with van der Waals surface area (Å²) in [5, 5.41) is 0.643. The van der Waals surface area contributed by atoms with Gasteiger partial charge < -0.3 is 0 Å². The molecule has 0 aliphatic rings. The lowest BCUT2D eigenvalue weighted by atomic mass is 10.4. The van der Waals surface area contributed by atoms with Gasteiger partial charge in [-0.2, -0.15) is 0 Å². The summed E-state index contributed by atoms with van der Waals surface area (Å²) < 4.78 is 11.2. The van der Waals surface area contributed by atoms with Crippen LogP contribution in [0.15, 0.2) is 29.2 Å². The number of benzene rings is 1. The molecule has 0 amide bonds. The van der Waals surface area contributed by atoms with Gasteiger partial charge in [-0.1, -0.05) is 24.6 Å². The van der Waals surface area contributed by atoms with Crippen LogP contribution < -0.4 is 0 Å². The van der Waals surface area contributed by atoms with Crippen LogP contribution >= 0.6 is 11.6 Å². The highest BCUT2D eigenvalue weighted by atomic mass is 35.5. The molecule has 1 aromatic carbocycles. The fourth-order valence-corrected chi connectivity index (χ4v) is 1.85. The Morgan fingerprint density at radius 1 is 1.55 bits per heavy atom. The summed E-state index contributed by atoms with van der Waals surface area (Å²) in [6.45, 7) is 1.89. The minimum absolute atomic E-state index is 0.639. The molecule has 0 heterocycles. The third-order valence-electron chi connectivity index (χ3n) is 1.32.